The van der Waals surface area contributed by atoms with E-state index in [1.165, 1.54) is 0 Å². The van der Waals surface area contributed by atoms with E-state index >= 15 is 0 Å². The molecule has 0 aliphatic heterocycles. The van der Waals surface area contributed by atoms with Crippen molar-refractivity contribution in [2.24, 2.45) is 0 Å². The maximum atomic E-state index is 5.74. The number of nitrogen functional groups attached to an aromatic ring is 1. The third kappa shape index (κ3) is 2.48. The molecule has 1 aromatic heterocycles. The summed E-state index contributed by atoms with van der Waals surface area (Å²) in [4.78, 5) is 4.08. The molecule has 0 aromatic carbocycles. The lowest BCUT2D eigenvalue weighted by Crippen LogP contribution is -2.12. The number of ether oxygens (including phenoxy) is 1. The number of nitrogens with two attached hydrogens (primary N) is 1. The molecule has 0 saturated carbocycles. The van der Waals surface area contributed by atoms with Gasteiger partial charge in [-0.1, -0.05) is 0 Å². The zero-order valence-corrected chi connectivity index (χ0v) is 9.32. The number of imidazole rings is 1. The SMILES string of the molecule is CC(C)OCc1cnc(N)n1C(C)C. The van der Waals surface area contributed by atoms with Crippen LogP contribution in [0, 0.1) is 0 Å². The summed E-state index contributed by atoms with van der Waals surface area (Å²) in [6.07, 6.45) is 2.00. The predicted octanol–water partition coefficient (Wildman–Crippen LogP) is 1.97. The lowest BCUT2D eigenvalue weighted by atomic mass is 10.3. The first-order chi connectivity index (χ1) is 6.52. The summed E-state index contributed by atoms with van der Waals surface area (Å²) in [5.74, 6) is 0.558. The van der Waals surface area contributed by atoms with E-state index in [2.05, 4.69) is 18.8 Å². The van der Waals surface area contributed by atoms with Crippen LogP contribution in [0.3, 0.4) is 0 Å². The van der Waals surface area contributed by atoms with Crippen LogP contribution < -0.4 is 5.73 Å². The molecule has 0 radical (unpaired) electrons. The minimum Gasteiger partial charge on any atom is -0.373 e. The summed E-state index contributed by atoms with van der Waals surface area (Å²) >= 11 is 0. The molecule has 0 aliphatic carbocycles. The molecule has 0 atom stereocenters. The van der Waals surface area contributed by atoms with Crippen LogP contribution in [-0.2, 0) is 11.3 Å². The van der Waals surface area contributed by atoms with Crippen molar-refractivity contribution in [1.29, 1.82) is 0 Å². The number of anilines is 1. The lowest BCUT2D eigenvalue weighted by molar-refractivity contribution is 0.0613. The Morgan fingerprint density at radius 2 is 2.07 bits per heavy atom. The average molecular weight is 197 g/mol. The number of hydrogen-bond acceptors (Lipinski definition) is 3. The highest BCUT2D eigenvalue weighted by atomic mass is 16.5. The fraction of sp³-hybridized carbons (Fsp3) is 0.700. The summed E-state index contributed by atoms with van der Waals surface area (Å²) in [6.45, 7) is 8.76. The first-order valence-electron chi connectivity index (χ1n) is 4.95. The van der Waals surface area contributed by atoms with Crippen molar-refractivity contribution in [2.75, 3.05) is 5.73 Å². The van der Waals surface area contributed by atoms with Gasteiger partial charge < -0.3 is 15.0 Å². The van der Waals surface area contributed by atoms with Gasteiger partial charge in [-0.3, -0.25) is 0 Å². The van der Waals surface area contributed by atoms with E-state index in [-0.39, 0.29) is 6.10 Å². The predicted molar refractivity (Wildman–Crippen MR) is 56.9 cm³/mol. The number of nitrogens with zero attached hydrogens (tertiary/aromatic N) is 2. The summed E-state index contributed by atoms with van der Waals surface area (Å²) in [6, 6.07) is 0.322. The summed E-state index contributed by atoms with van der Waals surface area (Å²) in [5, 5.41) is 0. The maximum Gasteiger partial charge on any atom is 0.200 e. The normalized spacial score (nSPS) is 11.6. The molecular formula is C10H19N3O. The van der Waals surface area contributed by atoms with Crippen LogP contribution >= 0.6 is 0 Å². The van der Waals surface area contributed by atoms with Gasteiger partial charge in [-0.2, -0.15) is 0 Å². The Morgan fingerprint density at radius 1 is 1.43 bits per heavy atom. The zero-order valence-electron chi connectivity index (χ0n) is 9.32. The molecule has 1 aromatic rings. The first-order valence-corrected chi connectivity index (χ1v) is 4.95. The molecule has 1 heterocycles. The number of aromatic nitrogens is 2. The second-order valence-electron chi connectivity index (χ2n) is 3.93. The summed E-state index contributed by atoms with van der Waals surface area (Å²) in [5.41, 5.74) is 6.78. The molecular weight excluding hydrogens is 178 g/mol. The van der Waals surface area contributed by atoms with E-state index in [4.69, 9.17) is 10.5 Å². The molecule has 80 valence electrons. The van der Waals surface area contributed by atoms with Gasteiger partial charge in [0, 0.05) is 6.04 Å². The topological polar surface area (TPSA) is 53.1 Å². The highest BCUT2D eigenvalue weighted by molar-refractivity contribution is 5.23. The Labute approximate surface area is 85.1 Å². The van der Waals surface area contributed by atoms with Crippen LogP contribution in [0.4, 0.5) is 5.95 Å². The molecule has 0 unspecified atom stereocenters. The van der Waals surface area contributed by atoms with Crippen LogP contribution in [0.25, 0.3) is 0 Å². The second kappa shape index (κ2) is 4.46. The third-order valence-electron chi connectivity index (χ3n) is 1.98. The van der Waals surface area contributed by atoms with Crippen molar-refractivity contribution in [2.45, 2.75) is 46.4 Å². The van der Waals surface area contributed by atoms with Gasteiger partial charge in [0.25, 0.3) is 0 Å². The minimum atomic E-state index is 0.228. The number of rotatable bonds is 4. The third-order valence-corrected chi connectivity index (χ3v) is 1.98. The van der Waals surface area contributed by atoms with Crippen LogP contribution in [0.1, 0.15) is 39.4 Å². The molecule has 0 amide bonds. The molecule has 0 spiro atoms. The quantitative estimate of drug-likeness (QED) is 0.802. The van der Waals surface area contributed by atoms with Crippen molar-refractivity contribution in [1.82, 2.24) is 9.55 Å². The molecule has 1 rings (SSSR count). The molecule has 0 bridgehead atoms. The van der Waals surface area contributed by atoms with Gasteiger partial charge in [0.1, 0.15) is 0 Å². The van der Waals surface area contributed by atoms with Gasteiger partial charge in [-0.05, 0) is 27.7 Å². The van der Waals surface area contributed by atoms with Gasteiger partial charge >= 0.3 is 0 Å². The Balaban J connectivity index is 2.76. The van der Waals surface area contributed by atoms with Crippen molar-refractivity contribution in [3.8, 4) is 0 Å². The van der Waals surface area contributed by atoms with Crippen LogP contribution in [-0.4, -0.2) is 15.7 Å². The molecule has 2 N–H and O–H groups in total. The molecule has 14 heavy (non-hydrogen) atoms. The monoisotopic (exact) mass is 197 g/mol. The fourth-order valence-electron chi connectivity index (χ4n) is 1.37. The van der Waals surface area contributed by atoms with Crippen LogP contribution in [0.15, 0.2) is 6.20 Å². The Kier molecular flexibility index (Phi) is 3.52. The Hall–Kier alpha value is -1.03. The molecule has 0 aliphatic rings. The van der Waals surface area contributed by atoms with E-state index in [0.29, 0.717) is 18.6 Å². The van der Waals surface area contributed by atoms with E-state index in [0.717, 1.165) is 5.69 Å². The van der Waals surface area contributed by atoms with Crippen LogP contribution in [0.5, 0.6) is 0 Å². The Morgan fingerprint density at radius 3 is 2.57 bits per heavy atom. The van der Waals surface area contributed by atoms with E-state index in [1.807, 2.05) is 18.4 Å². The largest absolute Gasteiger partial charge is 0.373 e. The minimum absolute atomic E-state index is 0.228. The van der Waals surface area contributed by atoms with Crippen molar-refractivity contribution in [3.63, 3.8) is 0 Å². The van der Waals surface area contributed by atoms with Crippen molar-refractivity contribution < 1.29 is 4.74 Å². The zero-order chi connectivity index (χ0) is 10.7. The molecule has 4 heteroatoms. The Bertz CT molecular complexity index is 292. The fourth-order valence-corrected chi connectivity index (χ4v) is 1.37. The van der Waals surface area contributed by atoms with Gasteiger partial charge in [-0.15, -0.1) is 0 Å². The van der Waals surface area contributed by atoms with Gasteiger partial charge in [0.15, 0.2) is 0 Å². The van der Waals surface area contributed by atoms with Crippen molar-refractivity contribution in [3.05, 3.63) is 11.9 Å². The number of hydrogen-bond donors (Lipinski definition) is 1. The smallest absolute Gasteiger partial charge is 0.200 e. The lowest BCUT2D eigenvalue weighted by Gasteiger charge is -2.14. The average Bonchev–Trinajstić information content (AvgIpc) is 2.43. The van der Waals surface area contributed by atoms with Gasteiger partial charge in [-0.25, -0.2) is 4.98 Å². The van der Waals surface area contributed by atoms with Gasteiger partial charge in [0.05, 0.1) is 24.6 Å². The molecule has 0 fully saturated rings. The molecule has 4 nitrogen and oxygen atoms in total. The molecule has 0 saturated heterocycles. The van der Waals surface area contributed by atoms with E-state index in [1.54, 1.807) is 6.20 Å². The summed E-state index contributed by atoms with van der Waals surface area (Å²) in [7, 11) is 0. The standard InChI is InChI=1S/C10H19N3O/c1-7(2)13-9(5-12-10(13)11)6-14-8(3)4/h5,7-8H,6H2,1-4H3,(H2,11,12). The van der Waals surface area contributed by atoms with Crippen molar-refractivity contribution >= 4 is 5.95 Å². The first kappa shape index (κ1) is 11.0. The highest BCUT2D eigenvalue weighted by Crippen LogP contribution is 2.16. The van der Waals surface area contributed by atoms with E-state index in [9.17, 15) is 0 Å². The van der Waals surface area contributed by atoms with E-state index < -0.39 is 0 Å². The van der Waals surface area contributed by atoms with Crippen LogP contribution in [0.2, 0.25) is 0 Å². The highest BCUT2D eigenvalue weighted by Gasteiger charge is 2.10. The maximum absolute atomic E-state index is 5.74. The summed E-state index contributed by atoms with van der Waals surface area (Å²) < 4.78 is 7.50. The second-order valence-corrected chi connectivity index (χ2v) is 3.93. The van der Waals surface area contributed by atoms with Gasteiger partial charge in [0.2, 0.25) is 5.95 Å².